The van der Waals surface area contributed by atoms with Crippen molar-refractivity contribution < 1.29 is 0 Å². The fraction of sp³-hybridized carbons (Fsp3) is 0.333. The third kappa shape index (κ3) is 2.71. The lowest BCUT2D eigenvalue weighted by atomic mass is 10.0. The van der Waals surface area contributed by atoms with E-state index in [1.165, 1.54) is 16.7 Å². The van der Waals surface area contributed by atoms with Crippen LogP contribution in [0.3, 0.4) is 0 Å². The van der Waals surface area contributed by atoms with Crippen molar-refractivity contribution in [2.24, 2.45) is 0 Å². The quantitative estimate of drug-likeness (QED) is 0.744. The van der Waals surface area contributed by atoms with Gasteiger partial charge in [0.2, 0.25) is 0 Å². The minimum atomic E-state index is 0.924. The fourth-order valence-corrected chi connectivity index (χ4v) is 1.38. The Morgan fingerprint density at radius 2 is 1.85 bits per heavy atom. The van der Waals surface area contributed by atoms with Crippen LogP contribution in [-0.2, 0) is 0 Å². The van der Waals surface area contributed by atoms with Crippen LogP contribution in [0.2, 0.25) is 0 Å². The van der Waals surface area contributed by atoms with Crippen LogP contribution in [0, 0.1) is 13.8 Å². The maximum atomic E-state index is 3.09. The zero-order chi connectivity index (χ0) is 9.68. The van der Waals surface area contributed by atoms with Crippen molar-refractivity contribution in [3.05, 3.63) is 41.0 Å². The number of benzene rings is 1. The van der Waals surface area contributed by atoms with E-state index in [-0.39, 0.29) is 0 Å². The van der Waals surface area contributed by atoms with E-state index in [0.29, 0.717) is 0 Å². The number of hydrogen-bond acceptors (Lipinski definition) is 1. The summed E-state index contributed by atoms with van der Waals surface area (Å²) in [7, 11) is 1.95. The lowest BCUT2D eigenvalue weighted by Gasteiger charge is -2.03. The predicted octanol–water partition coefficient (Wildman–Crippen LogP) is 2.54. The summed E-state index contributed by atoms with van der Waals surface area (Å²) in [5.41, 5.74) is 4.03. The third-order valence-corrected chi connectivity index (χ3v) is 2.15. The van der Waals surface area contributed by atoms with Gasteiger partial charge in [-0.15, -0.1) is 0 Å². The van der Waals surface area contributed by atoms with E-state index in [2.05, 4.69) is 49.5 Å². The van der Waals surface area contributed by atoms with Gasteiger partial charge >= 0.3 is 0 Å². The van der Waals surface area contributed by atoms with Crippen molar-refractivity contribution in [2.75, 3.05) is 13.6 Å². The highest BCUT2D eigenvalue weighted by Gasteiger charge is 1.95. The molecule has 0 bridgehead atoms. The number of nitrogens with one attached hydrogen (secondary N) is 1. The first-order chi connectivity index (χ1) is 6.25. The molecule has 0 saturated carbocycles. The van der Waals surface area contributed by atoms with Gasteiger partial charge in [-0.3, -0.25) is 0 Å². The monoisotopic (exact) mass is 175 g/mol. The predicted molar refractivity (Wildman–Crippen MR) is 58.9 cm³/mol. The first-order valence-corrected chi connectivity index (χ1v) is 4.63. The van der Waals surface area contributed by atoms with Crippen LogP contribution in [0.15, 0.2) is 24.3 Å². The highest BCUT2D eigenvalue weighted by molar-refractivity contribution is 5.57. The minimum Gasteiger partial charge on any atom is -0.316 e. The van der Waals surface area contributed by atoms with E-state index in [1.54, 1.807) is 0 Å². The fourth-order valence-electron chi connectivity index (χ4n) is 1.38. The summed E-state index contributed by atoms with van der Waals surface area (Å²) >= 11 is 0. The summed E-state index contributed by atoms with van der Waals surface area (Å²) in [5.74, 6) is 0. The minimum absolute atomic E-state index is 0.924. The van der Waals surface area contributed by atoms with Gasteiger partial charge in [0.15, 0.2) is 0 Å². The maximum Gasteiger partial charge on any atom is 0.0135 e. The van der Waals surface area contributed by atoms with Gasteiger partial charge in [0.05, 0.1) is 0 Å². The molecule has 0 amide bonds. The average Bonchev–Trinajstić information content (AvgIpc) is 2.10. The van der Waals surface area contributed by atoms with E-state index < -0.39 is 0 Å². The van der Waals surface area contributed by atoms with Gasteiger partial charge in [-0.2, -0.15) is 0 Å². The highest BCUT2D eigenvalue weighted by Crippen LogP contribution is 2.14. The standard InChI is InChI=1S/C12H17N/c1-10-6-4-7-11(2)12(10)8-5-9-13-3/h4-8,13H,9H2,1-3H3. The molecular weight excluding hydrogens is 158 g/mol. The summed E-state index contributed by atoms with van der Waals surface area (Å²) in [6.07, 6.45) is 4.33. The summed E-state index contributed by atoms with van der Waals surface area (Å²) in [4.78, 5) is 0. The van der Waals surface area contributed by atoms with Crippen LogP contribution in [0.5, 0.6) is 0 Å². The molecule has 0 radical (unpaired) electrons. The van der Waals surface area contributed by atoms with Crippen molar-refractivity contribution in [2.45, 2.75) is 13.8 Å². The second-order valence-corrected chi connectivity index (χ2v) is 3.27. The molecule has 1 nitrogen and oxygen atoms in total. The number of hydrogen-bond donors (Lipinski definition) is 1. The van der Waals surface area contributed by atoms with Crippen LogP contribution in [0.4, 0.5) is 0 Å². The third-order valence-electron chi connectivity index (χ3n) is 2.15. The molecule has 1 aromatic rings. The van der Waals surface area contributed by atoms with E-state index in [0.717, 1.165) is 6.54 Å². The molecule has 0 aromatic heterocycles. The van der Waals surface area contributed by atoms with Crippen LogP contribution in [-0.4, -0.2) is 13.6 Å². The van der Waals surface area contributed by atoms with Crippen molar-refractivity contribution in [3.8, 4) is 0 Å². The molecule has 0 atom stereocenters. The second-order valence-electron chi connectivity index (χ2n) is 3.27. The van der Waals surface area contributed by atoms with Crippen molar-refractivity contribution in [1.29, 1.82) is 0 Å². The summed E-state index contributed by atoms with van der Waals surface area (Å²) in [6, 6.07) is 6.39. The molecular formula is C12H17N. The molecule has 70 valence electrons. The topological polar surface area (TPSA) is 12.0 Å². The Kier molecular flexibility index (Phi) is 3.71. The van der Waals surface area contributed by atoms with Gasteiger partial charge in [-0.05, 0) is 37.6 Å². The SMILES string of the molecule is CNCC=Cc1c(C)cccc1C. The van der Waals surface area contributed by atoms with Gasteiger partial charge in [-0.25, -0.2) is 0 Å². The molecule has 0 fully saturated rings. The Balaban J connectivity index is 2.87. The van der Waals surface area contributed by atoms with Crippen LogP contribution in [0.1, 0.15) is 16.7 Å². The van der Waals surface area contributed by atoms with E-state index in [9.17, 15) is 0 Å². The van der Waals surface area contributed by atoms with Crippen LogP contribution < -0.4 is 5.32 Å². The molecule has 0 aliphatic heterocycles. The largest absolute Gasteiger partial charge is 0.316 e. The smallest absolute Gasteiger partial charge is 0.0135 e. The second kappa shape index (κ2) is 4.83. The van der Waals surface area contributed by atoms with Gasteiger partial charge in [-0.1, -0.05) is 30.4 Å². The Labute approximate surface area is 80.5 Å². The molecule has 1 rings (SSSR count). The van der Waals surface area contributed by atoms with Crippen molar-refractivity contribution in [1.82, 2.24) is 5.32 Å². The molecule has 0 aliphatic carbocycles. The molecule has 1 N–H and O–H groups in total. The van der Waals surface area contributed by atoms with E-state index in [1.807, 2.05) is 7.05 Å². The van der Waals surface area contributed by atoms with Crippen molar-refractivity contribution in [3.63, 3.8) is 0 Å². The number of likely N-dealkylation sites (N-methyl/N-ethyl adjacent to an activating group) is 1. The van der Waals surface area contributed by atoms with Gasteiger partial charge in [0, 0.05) is 6.54 Å². The summed E-state index contributed by atoms with van der Waals surface area (Å²) < 4.78 is 0. The van der Waals surface area contributed by atoms with E-state index >= 15 is 0 Å². The van der Waals surface area contributed by atoms with Gasteiger partial charge < -0.3 is 5.32 Å². The molecule has 1 aromatic carbocycles. The molecule has 0 spiro atoms. The highest BCUT2D eigenvalue weighted by atomic mass is 14.8. The molecule has 1 heteroatoms. The first kappa shape index (κ1) is 10.0. The van der Waals surface area contributed by atoms with Crippen molar-refractivity contribution >= 4 is 6.08 Å². The molecule has 0 heterocycles. The Morgan fingerprint density at radius 3 is 2.38 bits per heavy atom. The summed E-state index contributed by atoms with van der Waals surface area (Å²) in [6.45, 7) is 5.21. The Hall–Kier alpha value is -1.08. The molecule has 13 heavy (non-hydrogen) atoms. The van der Waals surface area contributed by atoms with Gasteiger partial charge in [0.25, 0.3) is 0 Å². The van der Waals surface area contributed by atoms with Crippen LogP contribution in [0.25, 0.3) is 6.08 Å². The normalized spacial score (nSPS) is 11.0. The lowest BCUT2D eigenvalue weighted by molar-refractivity contribution is 0.922. The average molecular weight is 175 g/mol. The van der Waals surface area contributed by atoms with Gasteiger partial charge in [0.1, 0.15) is 0 Å². The molecule has 0 unspecified atom stereocenters. The van der Waals surface area contributed by atoms with E-state index in [4.69, 9.17) is 0 Å². The molecule has 0 aliphatic rings. The zero-order valence-electron chi connectivity index (χ0n) is 8.59. The zero-order valence-corrected chi connectivity index (χ0v) is 8.59. The number of rotatable bonds is 3. The molecule has 0 saturated heterocycles. The lowest BCUT2D eigenvalue weighted by Crippen LogP contribution is -2.03. The van der Waals surface area contributed by atoms with Crippen LogP contribution >= 0.6 is 0 Å². The number of aryl methyl sites for hydroxylation is 2. The Bertz CT molecular complexity index is 280. The summed E-state index contributed by atoms with van der Waals surface area (Å²) in [5, 5.41) is 3.09. The first-order valence-electron chi connectivity index (χ1n) is 4.63. The Morgan fingerprint density at radius 1 is 1.23 bits per heavy atom. The maximum absolute atomic E-state index is 3.09.